The SMILES string of the molecule is C=CS(=O)(=O)NCC1CCN(C(=O)c2ccc(OC)c(F)c2)C1. The third-order valence-electron chi connectivity index (χ3n) is 3.76. The van der Waals surface area contributed by atoms with Gasteiger partial charge in [0.2, 0.25) is 10.0 Å². The van der Waals surface area contributed by atoms with Crippen LogP contribution in [0.5, 0.6) is 5.75 Å². The molecule has 1 aromatic rings. The number of likely N-dealkylation sites (tertiary alicyclic amines) is 1. The Labute approximate surface area is 135 Å². The van der Waals surface area contributed by atoms with Crippen LogP contribution in [-0.4, -0.2) is 46.0 Å². The summed E-state index contributed by atoms with van der Waals surface area (Å²) in [7, 11) is -2.11. The lowest BCUT2D eigenvalue weighted by molar-refractivity contribution is 0.0787. The Morgan fingerprint density at radius 2 is 2.30 bits per heavy atom. The topological polar surface area (TPSA) is 75.7 Å². The van der Waals surface area contributed by atoms with Gasteiger partial charge in [-0.25, -0.2) is 17.5 Å². The van der Waals surface area contributed by atoms with Gasteiger partial charge in [-0.3, -0.25) is 4.79 Å². The van der Waals surface area contributed by atoms with Gasteiger partial charge in [-0.15, -0.1) is 0 Å². The third-order valence-corrected chi connectivity index (χ3v) is 4.77. The summed E-state index contributed by atoms with van der Waals surface area (Å²) in [5.41, 5.74) is 0.246. The molecule has 1 saturated heterocycles. The van der Waals surface area contributed by atoms with Gasteiger partial charge < -0.3 is 9.64 Å². The average Bonchev–Trinajstić information content (AvgIpc) is 3.01. The van der Waals surface area contributed by atoms with Crippen molar-refractivity contribution in [2.75, 3.05) is 26.7 Å². The summed E-state index contributed by atoms with van der Waals surface area (Å²) in [6.07, 6.45) is 0.685. The van der Waals surface area contributed by atoms with Crippen molar-refractivity contribution < 1.29 is 22.3 Å². The molecule has 1 amide bonds. The molecule has 1 unspecified atom stereocenters. The van der Waals surface area contributed by atoms with E-state index in [0.29, 0.717) is 19.5 Å². The monoisotopic (exact) mass is 342 g/mol. The first-order valence-corrected chi connectivity index (χ1v) is 8.66. The van der Waals surface area contributed by atoms with E-state index in [0.717, 1.165) is 11.5 Å². The molecule has 23 heavy (non-hydrogen) atoms. The molecule has 0 aliphatic carbocycles. The molecule has 1 fully saturated rings. The highest BCUT2D eigenvalue weighted by Crippen LogP contribution is 2.22. The van der Waals surface area contributed by atoms with E-state index in [-0.39, 0.29) is 29.7 Å². The number of halogens is 1. The summed E-state index contributed by atoms with van der Waals surface area (Å²) in [6, 6.07) is 4.07. The van der Waals surface area contributed by atoms with Gasteiger partial charge >= 0.3 is 0 Å². The van der Waals surface area contributed by atoms with Gasteiger partial charge in [0.05, 0.1) is 7.11 Å². The Morgan fingerprint density at radius 1 is 1.57 bits per heavy atom. The maximum absolute atomic E-state index is 13.7. The molecule has 1 atom stereocenters. The zero-order chi connectivity index (χ0) is 17.0. The van der Waals surface area contributed by atoms with Crippen LogP contribution in [0.3, 0.4) is 0 Å². The Kier molecular flexibility index (Phi) is 5.38. The molecule has 8 heteroatoms. The lowest BCUT2D eigenvalue weighted by Gasteiger charge is -2.17. The van der Waals surface area contributed by atoms with Crippen molar-refractivity contribution in [1.82, 2.24) is 9.62 Å². The lowest BCUT2D eigenvalue weighted by Crippen LogP contribution is -2.32. The van der Waals surface area contributed by atoms with Crippen molar-refractivity contribution in [3.8, 4) is 5.75 Å². The van der Waals surface area contributed by atoms with Crippen molar-refractivity contribution in [3.63, 3.8) is 0 Å². The summed E-state index contributed by atoms with van der Waals surface area (Å²) >= 11 is 0. The number of hydrogen-bond acceptors (Lipinski definition) is 4. The molecule has 1 N–H and O–H groups in total. The Morgan fingerprint density at radius 3 is 2.91 bits per heavy atom. The van der Waals surface area contributed by atoms with Gasteiger partial charge in [0, 0.05) is 30.6 Å². The minimum Gasteiger partial charge on any atom is -0.494 e. The molecule has 0 spiro atoms. The minimum atomic E-state index is -3.46. The molecule has 0 saturated carbocycles. The van der Waals surface area contributed by atoms with Gasteiger partial charge in [0.1, 0.15) is 0 Å². The largest absolute Gasteiger partial charge is 0.494 e. The molecule has 1 aliphatic rings. The number of carbonyl (C=O) groups is 1. The zero-order valence-electron chi connectivity index (χ0n) is 12.8. The summed E-state index contributed by atoms with van der Waals surface area (Å²) in [6.45, 7) is 4.40. The first-order valence-electron chi connectivity index (χ1n) is 7.11. The fraction of sp³-hybridized carbons (Fsp3) is 0.400. The molecule has 126 valence electrons. The van der Waals surface area contributed by atoms with Crippen LogP contribution in [0, 0.1) is 11.7 Å². The van der Waals surface area contributed by atoms with Crippen molar-refractivity contribution in [2.24, 2.45) is 5.92 Å². The molecule has 6 nitrogen and oxygen atoms in total. The van der Waals surface area contributed by atoms with Gasteiger partial charge in [-0.05, 0) is 30.5 Å². The van der Waals surface area contributed by atoms with E-state index in [1.165, 1.54) is 19.2 Å². The van der Waals surface area contributed by atoms with E-state index in [1.54, 1.807) is 4.90 Å². The van der Waals surface area contributed by atoms with Crippen molar-refractivity contribution in [1.29, 1.82) is 0 Å². The van der Waals surface area contributed by atoms with Crippen LogP contribution < -0.4 is 9.46 Å². The normalized spacial score (nSPS) is 18.0. The van der Waals surface area contributed by atoms with E-state index in [2.05, 4.69) is 11.3 Å². The molecule has 2 rings (SSSR count). The first kappa shape index (κ1) is 17.4. The Bertz CT molecular complexity index is 705. The maximum Gasteiger partial charge on any atom is 0.253 e. The van der Waals surface area contributed by atoms with Crippen LogP contribution in [0.15, 0.2) is 30.2 Å². The molecule has 0 aromatic heterocycles. The predicted molar refractivity (Wildman–Crippen MR) is 84.1 cm³/mol. The number of amides is 1. The van der Waals surface area contributed by atoms with Crippen molar-refractivity contribution in [3.05, 3.63) is 41.6 Å². The smallest absolute Gasteiger partial charge is 0.253 e. The highest BCUT2D eigenvalue weighted by Gasteiger charge is 2.28. The van der Waals surface area contributed by atoms with E-state index < -0.39 is 15.8 Å². The molecule has 0 radical (unpaired) electrons. The average molecular weight is 342 g/mol. The summed E-state index contributed by atoms with van der Waals surface area (Å²) < 4.78 is 43.6. The highest BCUT2D eigenvalue weighted by molar-refractivity contribution is 7.92. The standard InChI is InChI=1S/C15H19FN2O4S/c1-3-23(20,21)17-9-11-6-7-18(10-11)15(19)12-4-5-14(22-2)13(16)8-12/h3-5,8,11,17H,1,6-7,9-10H2,2H3. The second-order valence-electron chi connectivity index (χ2n) is 5.32. The number of ether oxygens (including phenoxy) is 1. The number of nitrogens with zero attached hydrogens (tertiary/aromatic N) is 1. The molecule has 1 aromatic carbocycles. The second-order valence-corrected chi connectivity index (χ2v) is 7.03. The first-order chi connectivity index (χ1) is 10.9. The molecule has 1 aliphatic heterocycles. The molecular weight excluding hydrogens is 323 g/mol. The number of methoxy groups -OCH3 is 1. The minimum absolute atomic E-state index is 0.0248. The number of hydrogen-bond donors (Lipinski definition) is 1. The van der Waals surface area contributed by atoms with Gasteiger partial charge in [-0.2, -0.15) is 0 Å². The van der Waals surface area contributed by atoms with Gasteiger partial charge in [0.15, 0.2) is 11.6 Å². The number of sulfonamides is 1. The van der Waals surface area contributed by atoms with Crippen LogP contribution in [0.1, 0.15) is 16.8 Å². The van der Waals surface area contributed by atoms with Crippen molar-refractivity contribution in [2.45, 2.75) is 6.42 Å². The summed E-state index contributed by atoms with van der Waals surface area (Å²) in [5.74, 6) is -0.759. The fourth-order valence-corrected chi connectivity index (χ4v) is 3.04. The zero-order valence-corrected chi connectivity index (χ0v) is 13.6. The van der Waals surface area contributed by atoms with E-state index in [1.807, 2.05) is 0 Å². The van der Waals surface area contributed by atoms with E-state index in [4.69, 9.17) is 4.74 Å². The number of rotatable bonds is 6. The van der Waals surface area contributed by atoms with E-state index in [9.17, 15) is 17.6 Å². The second kappa shape index (κ2) is 7.10. The van der Waals surface area contributed by atoms with Crippen LogP contribution >= 0.6 is 0 Å². The Balaban J connectivity index is 1.97. The van der Waals surface area contributed by atoms with Crippen molar-refractivity contribution >= 4 is 15.9 Å². The predicted octanol–water partition coefficient (Wildman–Crippen LogP) is 1.36. The van der Waals surface area contributed by atoms with Crippen LogP contribution in [-0.2, 0) is 10.0 Å². The number of benzene rings is 1. The van der Waals surface area contributed by atoms with Crippen LogP contribution in [0.2, 0.25) is 0 Å². The quantitative estimate of drug-likeness (QED) is 0.847. The summed E-state index contributed by atoms with van der Waals surface area (Å²) in [4.78, 5) is 14.0. The molecule has 1 heterocycles. The molecular formula is C15H19FN2O4S. The summed E-state index contributed by atoms with van der Waals surface area (Å²) in [5, 5.41) is 0.852. The van der Waals surface area contributed by atoms with E-state index >= 15 is 0 Å². The van der Waals surface area contributed by atoms with Gasteiger partial charge in [-0.1, -0.05) is 6.58 Å². The lowest BCUT2D eigenvalue weighted by atomic mass is 10.1. The third kappa shape index (κ3) is 4.29. The number of carbonyl (C=O) groups excluding carboxylic acids is 1. The number of nitrogens with one attached hydrogen (secondary N) is 1. The van der Waals surface area contributed by atoms with Crippen LogP contribution in [0.25, 0.3) is 0 Å². The van der Waals surface area contributed by atoms with Crippen LogP contribution in [0.4, 0.5) is 4.39 Å². The maximum atomic E-state index is 13.7. The Hall–Kier alpha value is -1.93. The highest BCUT2D eigenvalue weighted by atomic mass is 32.2. The molecule has 0 bridgehead atoms. The fourth-order valence-electron chi connectivity index (χ4n) is 2.46. The van der Waals surface area contributed by atoms with Gasteiger partial charge in [0.25, 0.3) is 5.91 Å².